The van der Waals surface area contributed by atoms with E-state index in [1.807, 2.05) is 20.8 Å². The molecule has 0 aliphatic rings. The van der Waals surface area contributed by atoms with Crippen molar-refractivity contribution in [1.29, 1.82) is 0 Å². The van der Waals surface area contributed by atoms with Gasteiger partial charge >= 0.3 is 0 Å². The smallest absolute Gasteiger partial charge is 0.269 e. The van der Waals surface area contributed by atoms with Crippen LogP contribution < -0.4 is 5.32 Å². The van der Waals surface area contributed by atoms with Crippen LogP contribution in [0.15, 0.2) is 36.9 Å². The van der Waals surface area contributed by atoms with Crippen LogP contribution in [0.3, 0.4) is 0 Å². The molecule has 0 spiro atoms. The van der Waals surface area contributed by atoms with E-state index in [4.69, 9.17) is 0 Å². The fourth-order valence-electron chi connectivity index (χ4n) is 1.74. The lowest BCUT2D eigenvalue weighted by molar-refractivity contribution is 0.0951. The Morgan fingerprint density at radius 1 is 1.36 bits per heavy atom. The maximum atomic E-state index is 12.1. The number of amides is 1. The molecule has 6 nitrogen and oxygen atoms in total. The lowest BCUT2D eigenvalue weighted by atomic mass is 10.3. The standard InChI is InChI=1S/C15H20N4O2S/c1-15(2,3)22(21)10-8-17-14(20)12-5-4-6-13(18-12)19-9-7-16-11-19/h4-7,9,11H,8,10H2,1-3H3,(H,17,20)/t22-/m0/s1. The van der Waals surface area contributed by atoms with Crippen LogP contribution >= 0.6 is 0 Å². The van der Waals surface area contributed by atoms with E-state index in [1.54, 1.807) is 41.5 Å². The van der Waals surface area contributed by atoms with E-state index in [0.717, 1.165) is 0 Å². The molecule has 22 heavy (non-hydrogen) atoms. The summed E-state index contributed by atoms with van der Waals surface area (Å²) in [4.78, 5) is 20.4. The molecule has 2 heterocycles. The van der Waals surface area contributed by atoms with Gasteiger partial charge in [0.25, 0.3) is 5.91 Å². The predicted octanol–water partition coefficient (Wildman–Crippen LogP) is 1.54. The third kappa shape index (κ3) is 4.24. The van der Waals surface area contributed by atoms with Crippen molar-refractivity contribution >= 4 is 16.7 Å². The molecule has 1 atom stereocenters. The van der Waals surface area contributed by atoms with Gasteiger partial charge in [-0.05, 0) is 32.9 Å². The Balaban J connectivity index is 1.96. The molecule has 0 fully saturated rings. The van der Waals surface area contributed by atoms with Crippen molar-refractivity contribution in [2.75, 3.05) is 12.3 Å². The Bertz CT molecular complexity index is 662. The SMILES string of the molecule is CC(C)(C)[S@@](=O)CCNC(=O)c1cccc(-n2ccnc2)n1. The number of rotatable bonds is 5. The van der Waals surface area contributed by atoms with Crippen LogP contribution in [-0.2, 0) is 10.8 Å². The minimum absolute atomic E-state index is 0.270. The Kier molecular flexibility index (Phi) is 5.07. The third-order valence-electron chi connectivity index (χ3n) is 2.99. The van der Waals surface area contributed by atoms with Crippen LogP contribution in [0.4, 0.5) is 0 Å². The van der Waals surface area contributed by atoms with E-state index >= 15 is 0 Å². The van der Waals surface area contributed by atoms with Gasteiger partial charge in [-0.3, -0.25) is 13.6 Å². The molecule has 1 N–H and O–H groups in total. The maximum Gasteiger partial charge on any atom is 0.269 e. The molecular formula is C15H20N4O2S. The topological polar surface area (TPSA) is 76.9 Å². The van der Waals surface area contributed by atoms with Gasteiger partial charge in [0.05, 0.1) is 0 Å². The highest BCUT2D eigenvalue weighted by Gasteiger charge is 2.19. The molecule has 2 aromatic heterocycles. The largest absolute Gasteiger partial charge is 0.350 e. The molecular weight excluding hydrogens is 300 g/mol. The van der Waals surface area contributed by atoms with Gasteiger partial charge in [0.15, 0.2) is 0 Å². The van der Waals surface area contributed by atoms with Gasteiger partial charge in [0, 0.05) is 40.2 Å². The summed E-state index contributed by atoms with van der Waals surface area (Å²) in [7, 11) is -0.986. The molecule has 2 aromatic rings. The second kappa shape index (κ2) is 6.83. The first-order valence-corrected chi connectivity index (χ1v) is 8.32. The van der Waals surface area contributed by atoms with Crippen LogP contribution in [-0.4, -0.2) is 41.7 Å². The zero-order chi connectivity index (χ0) is 16.2. The number of aromatic nitrogens is 3. The minimum atomic E-state index is -0.986. The first-order chi connectivity index (χ1) is 10.4. The predicted molar refractivity (Wildman–Crippen MR) is 86.5 cm³/mol. The van der Waals surface area contributed by atoms with Gasteiger partial charge in [0.2, 0.25) is 0 Å². The summed E-state index contributed by atoms with van der Waals surface area (Å²) in [5, 5.41) is 2.76. The number of carbonyl (C=O) groups excluding carboxylic acids is 1. The number of nitrogens with one attached hydrogen (secondary N) is 1. The highest BCUT2D eigenvalue weighted by molar-refractivity contribution is 7.86. The van der Waals surface area contributed by atoms with Crippen molar-refractivity contribution in [3.05, 3.63) is 42.6 Å². The molecule has 0 aliphatic carbocycles. The zero-order valence-electron chi connectivity index (χ0n) is 12.9. The first-order valence-electron chi connectivity index (χ1n) is 7.00. The molecule has 0 saturated carbocycles. The number of hydrogen-bond donors (Lipinski definition) is 1. The molecule has 0 bridgehead atoms. The summed E-state index contributed by atoms with van der Waals surface area (Å²) in [6.45, 7) is 6.11. The van der Waals surface area contributed by atoms with Gasteiger partial charge in [-0.25, -0.2) is 9.97 Å². The van der Waals surface area contributed by atoms with Crippen molar-refractivity contribution in [2.45, 2.75) is 25.5 Å². The lowest BCUT2D eigenvalue weighted by Crippen LogP contribution is -2.33. The minimum Gasteiger partial charge on any atom is -0.350 e. The third-order valence-corrected chi connectivity index (χ3v) is 4.93. The summed E-state index contributed by atoms with van der Waals surface area (Å²) in [6, 6.07) is 5.22. The van der Waals surface area contributed by atoms with Crippen molar-refractivity contribution in [1.82, 2.24) is 19.9 Å². The number of nitrogens with zero attached hydrogens (tertiary/aromatic N) is 3. The quantitative estimate of drug-likeness (QED) is 0.906. The van der Waals surface area contributed by atoms with Crippen molar-refractivity contribution in [3.8, 4) is 5.82 Å². The van der Waals surface area contributed by atoms with Crippen LogP contribution in [0.5, 0.6) is 0 Å². The van der Waals surface area contributed by atoms with Crippen molar-refractivity contribution in [2.24, 2.45) is 0 Å². The van der Waals surface area contributed by atoms with E-state index < -0.39 is 10.8 Å². The van der Waals surface area contributed by atoms with E-state index in [-0.39, 0.29) is 10.7 Å². The Labute approximate surface area is 132 Å². The average Bonchev–Trinajstić information content (AvgIpc) is 3.00. The second-order valence-electron chi connectivity index (χ2n) is 5.77. The van der Waals surface area contributed by atoms with Gasteiger partial charge in [-0.15, -0.1) is 0 Å². The summed E-state index contributed by atoms with van der Waals surface area (Å²) in [6.07, 6.45) is 5.03. The Morgan fingerprint density at radius 2 is 2.14 bits per heavy atom. The molecule has 0 saturated heterocycles. The van der Waals surface area contributed by atoms with Crippen LogP contribution in [0.1, 0.15) is 31.3 Å². The van der Waals surface area contributed by atoms with Crippen LogP contribution in [0.25, 0.3) is 5.82 Å². The van der Waals surface area contributed by atoms with E-state index in [1.165, 1.54) is 0 Å². The van der Waals surface area contributed by atoms with Gasteiger partial charge < -0.3 is 5.32 Å². The highest BCUT2D eigenvalue weighted by atomic mass is 32.2. The number of hydrogen-bond acceptors (Lipinski definition) is 4. The Morgan fingerprint density at radius 3 is 2.77 bits per heavy atom. The van der Waals surface area contributed by atoms with E-state index in [2.05, 4.69) is 15.3 Å². The molecule has 1 amide bonds. The zero-order valence-corrected chi connectivity index (χ0v) is 13.8. The van der Waals surface area contributed by atoms with Crippen LogP contribution in [0, 0.1) is 0 Å². The summed E-state index contributed by atoms with van der Waals surface area (Å²) >= 11 is 0. The first kappa shape index (κ1) is 16.4. The Hall–Kier alpha value is -2.02. The van der Waals surface area contributed by atoms with Gasteiger partial charge in [0.1, 0.15) is 17.8 Å². The van der Waals surface area contributed by atoms with Crippen LogP contribution in [0.2, 0.25) is 0 Å². The summed E-state index contributed by atoms with van der Waals surface area (Å²) < 4.78 is 13.4. The highest BCUT2D eigenvalue weighted by Crippen LogP contribution is 2.10. The van der Waals surface area contributed by atoms with E-state index in [9.17, 15) is 9.00 Å². The number of imidazole rings is 1. The maximum absolute atomic E-state index is 12.1. The normalized spacial score (nSPS) is 12.9. The lowest BCUT2D eigenvalue weighted by Gasteiger charge is -2.17. The summed E-state index contributed by atoms with van der Waals surface area (Å²) in [5.41, 5.74) is 0.327. The monoisotopic (exact) mass is 320 g/mol. The van der Waals surface area contributed by atoms with Gasteiger partial charge in [-0.2, -0.15) is 0 Å². The number of pyridine rings is 1. The van der Waals surface area contributed by atoms with E-state index in [0.29, 0.717) is 23.8 Å². The molecule has 0 radical (unpaired) electrons. The van der Waals surface area contributed by atoms with Crippen molar-refractivity contribution < 1.29 is 9.00 Å². The average molecular weight is 320 g/mol. The molecule has 118 valence electrons. The van der Waals surface area contributed by atoms with Gasteiger partial charge in [-0.1, -0.05) is 6.07 Å². The summed E-state index contributed by atoms with van der Waals surface area (Å²) in [5.74, 6) is 0.785. The molecule has 2 rings (SSSR count). The van der Waals surface area contributed by atoms with Crippen molar-refractivity contribution in [3.63, 3.8) is 0 Å². The second-order valence-corrected chi connectivity index (χ2v) is 8.09. The fourth-order valence-corrected chi connectivity index (χ4v) is 2.64. The molecule has 0 aromatic carbocycles. The molecule has 0 unspecified atom stereocenters. The molecule has 0 aliphatic heterocycles. The molecule has 7 heteroatoms. The fraction of sp³-hybridized carbons (Fsp3) is 0.400. The number of carbonyl (C=O) groups is 1.